The molecule has 0 saturated heterocycles. The first-order valence-electron chi connectivity index (χ1n) is 4.11. The predicted molar refractivity (Wildman–Crippen MR) is 49.0 cm³/mol. The topological polar surface area (TPSA) is 68.8 Å². The van der Waals surface area contributed by atoms with Crippen molar-refractivity contribution in [3.63, 3.8) is 0 Å². The maximum Gasteiger partial charge on any atom is 0.142 e. The molecule has 1 atom stereocenters. The minimum Gasteiger partial charge on any atom is -0.412 e. The van der Waals surface area contributed by atoms with Crippen LogP contribution in [0.25, 0.3) is 0 Å². The van der Waals surface area contributed by atoms with Gasteiger partial charge in [-0.3, -0.25) is 4.79 Å². The molecule has 0 radical (unpaired) electrons. The van der Waals surface area contributed by atoms with E-state index in [1.54, 1.807) is 0 Å². The van der Waals surface area contributed by atoms with Crippen LogP contribution in [-0.2, 0) is 4.79 Å². The maximum atomic E-state index is 9.84. The van der Waals surface area contributed by atoms with E-state index in [-0.39, 0.29) is 5.48 Å². The summed E-state index contributed by atoms with van der Waals surface area (Å²) in [6, 6.07) is 0. The Morgan fingerprint density at radius 3 is 2.58 bits per heavy atom. The van der Waals surface area contributed by atoms with E-state index in [0.29, 0.717) is 6.29 Å². The fourth-order valence-electron chi connectivity index (χ4n) is 0.873. The van der Waals surface area contributed by atoms with Gasteiger partial charge in [-0.1, -0.05) is 32.3 Å². The van der Waals surface area contributed by atoms with Gasteiger partial charge in [-0.2, -0.15) is 0 Å². The Kier molecular flexibility index (Phi) is 12.0. The molecule has 0 aliphatic heterocycles. The summed E-state index contributed by atoms with van der Waals surface area (Å²) in [5, 5.41) is 9.16. The zero-order chi connectivity index (χ0) is 8.53. The maximum absolute atomic E-state index is 9.84. The van der Waals surface area contributed by atoms with Crippen LogP contribution in [0.4, 0.5) is 0 Å². The minimum absolute atomic E-state index is 0. The standard InChI is InChI=1S/C9H16O2.H2O/c1-2-3-4-6-9(11)7-5-8-10;/h5,7-9,11H,2-4,6H2,1H3;1H2. The van der Waals surface area contributed by atoms with Gasteiger partial charge in [0, 0.05) is 0 Å². The zero-order valence-corrected chi connectivity index (χ0v) is 7.49. The lowest BCUT2D eigenvalue weighted by atomic mass is 10.1. The fourth-order valence-corrected chi connectivity index (χ4v) is 0.873. The van der Waals surface area contributed by atoms with E-state index < -0.39 is 6.10 Å². The molecular weight excluding hydrogens is 156 g/mol. The lowest BCUT2D eigenvalue weighted by Crippen LogP contribution is -2.01. The molecule has 0 fully saturated rings. The van der Waals surface area contributed by atoms with E-state index in [9.17, 15) is 4.79 Å². The lowest BCUT2D eigenvalue weighted by molar-refractivity contribution is -0.104. The highest BCUT2D eigenvalue weighted by Crippen LogP contribution is 2.03. The summed E-state index contributed by atoms with van der Waals surface area (Å²) in [4.78, 5) is 9.84. The van der Waals surface area contributed by atoms with Crippen LogP contribution in [-0.4, -0.2) is 23.0 Å². The number of carbonyl (C=O) groups is 1. The van der Waals surface area contributed by atoms with Gasteiger partial charge in [0.25, 0.3) is 0 Å². The molecule has 1 unspecified atom stereocenters. The molecule has 0 heterocycles. The molecule has 0 rings (SSSR count). The van der Waals surface area contributed by atoms with Crippen molar-refractivity contribution in [2.45, 2.75) is 38.7 Å². The molecular formula is C9H18O3. The van der Waals surface area contributed by atoms with Crippen molar-refractivity contribution in [2.24, 2.45) is 0 Å². The Morgan fingerprint density at radius 2 is 2.08 bits per heavy atom. The highest BCUT2D eigenvalue weighted by atomic mass is 16.3. The summed E-state index contributed by atoms with van der Waals surface area (Å²) >= 11 is 0. The minimum atomic E-state index is -0.438. The fraction of sp³-hybridized carbons (Fsp3) is 0.667. The van der Waals surface area contributed by atoms with Gasteiger partial charge >= 0.3 is 0 Å². The second-order valence-corrected chi connectivity index (χ2v) is 2.58. The number of rotatable bonds is 6. The largest absolute Gasteiger partial charge is 0.412 e. The quantitative estimate of drug-likeness (QED) is 0.368. The van der Waals surface area contributed by atoms with Gasteiger partial charge in [0.1, 0.15) is 6.29 Å². The van der Waals surface area contributed by atoms with E-state index >= 15 is 0 Å². The molecule has 0 aliphatic carbocycles. The van der Waals surface area contributed by atoms with Crippen molar-refractivity contribution in [1.29, 1.82) is 0 Å². The highest BCUT2D eigenvalue weighted by molar-refractivity contribution is 5.64. The number of aliphatic hydroxyl groups is 1. The molecule has 0 amide bonds. The molecule has 0 aliphatic rings. The molecule has 72 valence electrons. The Labute approximate surface area is 73.4 Å². The van der Waals surface area contributed by atoms with Crippen LogP contribution in [0, 0.1) is 0 Å². The Bertz CT molecular complexity index is 121. The Morgan fingerprint density at radius 1 is 1.42 bits per heavy atom. The molecule has 0 saturated carbocycles. The number of aliphatic hydroxyl groups excluding tert-OH is 1. The van der Waals surface area contributed by atoms with Gasteiger partial charge in [0.05, 0.1) is 6.10 Å². The Hall–Kier alpha value is -0.670. The number of carbonyl (C=O) groups excluding carboxylic acids is 1. The van der Waals surface area contributed by atoms with Crippen molar-refractivity contribution in [3.8, 4) is 0 Å². The van der Waals surface area contributed by atoms with Crippen molar-refractivity contribution >= 4 is 6.29 Å². The molecule has 0 spiro atoms. The number of hydrogen-bond donors (Lipinski definition) is 1. The van der Waals surface area contributed by atoms with Crippen molar-refractivity contribution < 1.29 is 15.4 Å². The van der Waals surface area contributed by atoms with Crippen molar-refractivity contribution in [2.75, 3.05) is 0 Å². The first kappa shape index (κ1) is 13.9. The monoisotopic (exact) mass is 174 g/mol. The van der Waals surface area contributed by atoms with Gasteiger partial charge in [-0.25, -0.2) is 0 Å². The van der Waals surface area contributed by atoms with E-state index in [1.165, 1.54) is 12.2 Å². The SMILES string of the molecule is CCCCCC(O)C=CC=O.O. The average molecular weight is 174 g/mol. The van der Waals surface area contributed by atoms with Crippen LogP contribution in [0.3, 0.4) is 0 Å². The van der Waals surface area contributed by atoms with Crippen molar-refractivity contribution in [1.82, 2.24) is 0 Å². The second-order valence-electron chi connectivity index (χ2n) is 2.58. The molecule has 0 bridgehead atoms. The van der Waals surface area contributed by atoms with Gasteiger partial charge in [0.2, 0.25) is 0 Å². The first-order chi connectivity index (χ1) is 5.31. The van der Waals surface area contributed by atoms with Gasteiger partial charge in [-0.05, 0) is 12.5 Å². The zero-order valence-electron chi connectivity index (χ0n) is 7.49. The predicted octanol–water partition coefficient (Wildman–Crippen LogP) is 0.858. The second kappa shape index (κ2) is 10.3. The highest BCUT2D eigenvalue weighted by Gasteiger charge is 1.96. The van der Waals surface area contributed by atoms with E-state index in [0.717, 1.165) is 25.7 Å². The molecule has 0 aromatic rings. The molecule has 0 aromatic carbocycles. The lowest BCUT2D eigenvalue weighted by Gasteiger charge is -2.02. The van der Waals surface area contributed by atoms with Gasteiger partial charge < -0.3 is 10.6 Å². The van der Waals surface area contributed by atoms with Crippen molar-refractivity contribution in [3.05, 3.63) is 12.2 Å². The third-order valence-corrected chi connectivity index (χ3v) is 1.52. The van der Waals surface area contributed by atoms with Gasteiger partial charge in [-0.15, -0.1) is 0 Å². The molecule has 12 heavy (non-hydrogen) atoms. The molecule has 3 heteroatoms. The number of unbranched alkanes of at least 4 members (excludes halogenated alkanes) is 2. The van der Waals surface area contributed by atoms with Gasteiger partial charge in [0.15, 0.2) is 0 Å². The van der Waals surface area contributed by atoms with Crippen LogP contribution >= 0.6 is 0 Å². The number of hydrogen-bond acceptors (Lipinski definition) is 2. The smallest absolute Gasteiger partial charge is 0.142 e. The normalized spacial score (nSPS) is 12.5. The third-order valence-electron chi connectivity index (χ3n) is 1.52. The number of aldehydes is 1. The third kappa shape index (κ3) is 9.33. The molecule has 3 nitrogen and oxygen atoms in total. The van der Waals surface area contributed by atoms with Crippen LogP contribution in [0.15, 0.2) is 12.2 Å². The summed E-state index contributed by atoms with van der Waals surface area (Å²) in [6.45, 7) is 2.12. The first-order valence-corrected chi connectivity index (χ1v) is 4.11. The molecule has 3 N–H and O–H groups in total. The molecule has 0 aromatic heterocycles. The van der Waals surface area contributed by atoms with E-state index in [4.69, 9.17) is 5.11 Å². The van der Waals surface area contributed by atoms with Crippen LogP contribution in [0.2, 0.25) is 0 Å². The summed E-state index contributed by atoms with van der Waals surface area (Å²) < 4.78 is 0. The average Bonchev–Trinajstić information content (AvgIpc) is 2.01. The summed E-state index contributed by atoms with van der Waals surface area (Å²) in [6.07, 6.45) is 7.21. The van der Waals surface area contributed by atoms with E-state index in [2.05, 4.69) is 6.92 Å². The van der Waals surface area contributed by atoms with Crippen LogP contribution in [0.1, 0.15) is 32.6 Å². The van der Waals surface area contributed by atoms with Crippen LogP contribution in [0.5, 0.6) is 0 Å². The van der Waals surface area contributed by atoms with E-state index in [1.807, 2.05) is 0 Å². The van der Waals surface area contributed by atoms with Crippen LogP contribution < -0.4 is 0 Å². The Balaban J connectivity index is 0. The summed E-state index contributed by atoms with van der Waals surface area (Å²) in [5.74, 6) is 0. The summed E-state index contributed by atoms with van der Waals surface area (Å²) in [5.41, 5.74) is 0. The number of allylic oxidation sites excluding steroid dienone is 1. The summed E-state index contributed by atoms with van der Waals surface area (Å²) in [7, 11) is 0.